The summed E-state index contributed by atoms with van der Waals surface area (Å²) in [6, 6.07) is 6.39. The van der Waals surface area contributed by atoms with Crippen LogP contribution in [0.15, 0.2) is 36.9 Å². The number of carbonyl (C=O) groups excluding carboxylic acids is 2. The van der Waals surface area contributed by atoms with Crippen molar-refractivity contribution in [2.45, 2.75) is 24.4 Å². The Morgan fingerprint density at radius 2 is 1.88 bits per heavy atom. The molecule has 2 aliphatic rings. The Hall–Kier alpha value is -2.42. The fraction of sp³-hybridized carbons (Fsp3) is 0.444. The van der Waals surface area contributed by atoms with E-state index in [1.54, 1.807) is 24.3 Å². The van der Waals surface area contributed by atoms with Crippen LogP contribution < -0.4 is 4.74 Å². The molecule has 3 rings (SSSR count). The van der Waals surface area contributed by atoms with Gasteiger partial charge in [0.15, 0.2) is 6.10 Å². The van der Waals surface area contributed by atoms with Gasteiger partial charge in [-0.3, -0.25) is 0 Å². The number of rotatable bonds is 7. The zero-order valence-electron chi connectivity index (χ0n) is 14.0. The molecule has 2 saturated heterocycles. The molecule has 1 N–H and O–H groups in total. The zero-order valence-corrected chi connectivity index (χ0v) is 14.0. The molecule has 0 spiro atoms. The molecule has 26 heavy (non-hydrogen) atoms. The van der Waals surface area contributed by atoms with Crippen LogP contribution in [0.5, 0.6) is 5.75 Å². The van der Waals surface area contributed by atoms with E-state index in [0.29, 0.717) is 11.3 Å². The first kappa shape index (κ1) is 18.4. The van der Waals surface area contributed by atoms with Crippen LogP contribution in [0.4, 0.5) is 0 Å². The Kier molecular flexibility index (Phi) is 5.87. The highest BCUT2D eigenvalue weighted by Gasteiger charge is 2.48. The van der Waals surface area contributed by atoms with Gasteiger partial charge in [-0.25, -0.2) is 9.59 Å². The minimum Gasteiger partial charge on any atom is -0.490 e. The van der Waals surface area contributed by atoms with E-state index in [0.717, 1.165) is 6.08 Å². The Morgan fingerprint density at radius 3 is 2.62 bits per heavy atom. The Bertz CT molecular complexity index is 656. The molecule has 1 aromatic rings. The Morgan fingerprint density at radius 1 is 1.15 bits per heavy atom. The van der Waals surface area contributed by atoms with Gasteiger partial charge in [-0.05, 0) is 24.3 Å². The van der Waals surface area contributed by atoms with E-state index in [1.165, 1.54) is 0 Å². The van der Waals surface area contributed by atoms with E-state index in [4.69, 9.17) is 23.7 Å². The number of esters is 2. The van der Waals surface area contributed by atoms with Gasteiger partial charge < -0.3 is 28.8 Å². The smallest absolute Gasteiger partial charge is 0.338 e. The normalized spacial score (nSPS) is 26.8. The molecule has 0 bridgehead atoms. The molecule has 8 heteroatoms. The first-order chi connectivity index (χ1) is 12.6. The lowest BCUT2D eigenvalue weighted by Gasteiger charge is -2.16. The lowest BCUT2D eigenvalue weighted by atomic mass is 10.1. The number of hydrogen-bond acceptors (Lipinski definition) is 8. The molecule has 2 aliphatic heterocycles. The van der Waals surface area contributed by atoms with Gasteiger partial charge in [0.05, 0.1) is 18.8 Å². The molecule has 2 unspecified atom stereocenters. The van der Waals surface area contributed by atoms with Gasteiger partial charge in [-0.2, -0.15) is 0 Å². The SMILES string of the molecule is C=CC(=O)OCCOc1ccc(C(=O)O[C@@H]2COC3C2OC[C@@H]3O)cc1. The fourth-order valence-electron chi connectivity index (χ4n) is 2.80. The highest BCUT2D eigenvalue weighted by atomic mass is 16.6. The largest absolute Gasteiger partial charge is 0.490 e. The van der Waals surface area contributed by atoms with Crippen molar-refractivity contribution in [3.63, 3.8) is 0 Å². The van der Waals surface area contributed by atoms with Crippen molar-refractivity contribution < 1.29 is 38.4 Å². The molecule has 1 aromatic carbocycles. The van der Waals surface area contributed by atoms with Crippen LogP contribution in [0, 0.1) is 0 Å². The van der Waals surface area contributed by atoms with E-state index in [1.807, 2.05) is 0 Å². The third kappa shape index (κ3) is 4.21. The number of aliphatic hydroxyl groups excluding tert-OH is 1. The maximum Gasteiger partial charge on any atom is 0.338 e. The van der Waals surface area contributed by atoms with Gasteiger partial charge in [-0.1, -0.05) is 6.58 Å². The first-order valence-corrected chi connectivity index (χ1v) is 8.23. The summed E-state index contributed by atoms with van der Waals surface area (Å²) in [5.74, 6) is -0.484. The highest BCUT2D eigenvalue weighted by molar-refractivity contribution is 5.89. The number of benzene rings is 1. The molecular weight excluding hydrogens is 344 g/mol. The van der Waals surface area contributed by atoms with E-state index in [2.05, 4.69) is 6.58 Å². The van der Waals surface area contributed by atoms with Crippen molar-refractivity contribution in [1.82, 2.24) is 0 Å². The van der Waals surface area contributed by atoms with Gasteiger partial charge >= 0.3 is 11.9 Å². The van der Waals surface area contributed by atoms with Crippen LogP contribution >= 0.6 is 0 Å². The van der Waals surface area contributed by atoms with E-state index < -0.39 is 36.4 Å². The Labute approximate surface area is 150 Å². The van der Waals surface area contributed by atoms with Crippen LogP contribution in [0.1, 0.15) is 10.4 Å². The van der Waals surface area contributed by atoms with E-state index in [-0.39, 0.29) is 26.4 Å². The summed E-state index contributed by atoms with van der Waals surface area (Å²) in [5.41, 5.74) is 0.359. The third-order valence-corrected chi connectivity index (χ3v) is 4.09. The van der Waals surface area contributed by atoms with Crippen LogP contribution in [-0.2, 0) is 23.7 Å². The number of hydrogen-bond donors (Lipinski definition) is 1. The summed E-state index contributed by atoms with van der Waals surface area (Å²) in [6.45, 7) is 3.96. The molecule has 0 aliphatic carbocycles. The Balaban J connectivity index is 1.46. The molecule has 0 aromatic heterocycles. The van der Waals surface area contributed by atoms with Crippen molar-refractivity contribution in [2.24, 2.45) is 0 Å². The molecule has 0 radical (unpaired) electrons. The van der Waals surface area contributed by atoms with Crippen molar-refractivity contribution in [3.8, 4) is 5.75 Å². The van der Waals surface area contributed by atoms with Crippen LogP contribution in [0.3, 0.4) is 0 Å². The average Bonchev–Trinajstić information content (AvgIpc) is 3.22. The maximum atomic E-state index is 12.2. The fourth-order valence-corrected chi connectivity index (χ4v) is 2.80. The predicted octanol–water partition coefficient (Wildman–Crippen LogP) is 0.478. The molecule has 2 heterocycles. The minimum atomic E-state index is -0.689. The predicted molar refractivity (Wildman–Crippen MR) is 87.8 cm³/mol. The van der Waals surface area contributed by atoms with Gasteiger partial charge in [0, 0.05) is 6.08 Å². The van der Waals surface area contributed by atoms with Gasteiger partial charge in [-0.15, -0.1) is 0 Å². The van der Waals surface area contributed by atoms with Crippen molar-refractivity contribution in [3.05, 3.63) is 42.5 Å². The summed E-state index contributed by atoms with van der Waals surface area (Å²) < 4.78 is 26.5. The molecule has 4 atom stereocenters. The van der Waals surface area contributed by atoms with Crippen molar-refractivity contribution >= 4 is 11.9 Å². The molecule has 2 fully saturated rings. The lowest BCUT2D eigenvalue weighted by Crippen LogP contribution is -2.34. The number of ether oxygens (including phenoxy) is 5. The highest BCUT2D eigenvalue weighted by Crippen LogP contribution is 2.29. The van der Waals surface area contributed by atoms with Crippen molar-refractivity contribution in [2.75, 3.05) is 26.4 Å². The standard InChI is InChI=1S/C18H20O8/c1-2-15(20)23-8-7-22-12-5-3-11(4-6-12)18(21)26-14-10-25-16-13(19)9-24-17(14)16/h2-6,13-14,16-17,19H,1,7-10H2/t13-,14+,16?,17?/m0/s1. The van der Waals surface area contributed by atoms with Gasteiger partial charge in [0.1, 0.15) is 37.3 Å². The summed E-state index contributed by atoms with van der Waals surface area (Å²) in [4.78, 5) is 23.1. The summed E-state index contributed by atoms with van der Waals surface area (Å²) in [7, 11) is 0. The molecular formula is C18H20O8. The van der Waals surface area contributed by atoms with Crippen molar-refractivity contribution in [1.29, 1.82) is 0 Å². The topological polar surface area (TPSA) is 101 Å². The zero-order chi connectivity index (χ0) is 18.5. The number of aliphatic hydroxyl groups is 1. The average molecular weight is 364 g/mol. The van der Waals surface area contributed by atoms with Crippen LogP contribution in [0.25, 0.3) is 0 Å². The molecule has 8 nitrogen and oxygen atoms in total. The third-order valence-electron chi connectivity index (χ3n) is 4.09. The second-order valence-electron chi connectivity index (χ2n) is 5.85. The quantitative estimate of drug-likeness (QED) is 0.424. The van der Waals surface area contributed by atoms with E-state index in [9.17, 15) is 14.7 Å². The number of fused-ring (bicyclic) bond motifs is 1. The molecule has 0 amide bonds. The minimum absolute atomic E-state index is 0.102. The monoisotopic (exact) mass is 364 g/mol. The maximum absolute atomic E-state index is 12.2. The summed E-state index contributed by atoms with van der Waals surface area (Å²) >= 11 is 0. The van der Waals surface area contributed by atoms with Crippen LogP contribution in [-0.4, -0.2) is 67.9 Å². The first-order valence-electron chi connectivity index (χ1n) is 8.23. The lowest BCUT2D eigenvalue weighted by molar-refractivity contribution is -0.138. The summed E-state index contributed by atoms with van der Waals surface area (Å²) in [5, 5.41) is 9.70. The number of carbonyl (C=O) groups is 2. The van der Waals surface area contributed by atoms with Gasteiger partial charge in [0.2, 0.25) is 0 Å². The molecule has 0 saturated carbocycles. The second-order valence-corrected chi connectivity index (χ2v) is 5.85. The molecule has 140 valence electrons. The second kappa shape index (κ2) is 8.31. The van der Waals surface area contributed by atoms with E-state index >= 15 is 0 Å². The van der Waals surface area contributed by atoms with Crippen LogP contribution in [0.2, 0.25) is 0 Å². The van der Waals surface area contributed by atoms with Gasteiger partial charge in [0.25, 0.3) is 0 Å². The summed E-state index contributed by atoms with van der Waals surface area (Å²) in [6.07, 6.45) is -1.03.